The van der Waals surface area contributed by atoms with Crippen LogP contribution in [0.15, 0.2) is 41.0 Å². The molecule has 0 spiro atoms. The Labute approximate surface area is 150 Å². The fourth-order valence-corrected chi connectivity index (χ4v) is 2.21. The molecule has 0 aliphatic heterocycles. The molecule has 1 amide bonds. The molecule has 25 heavy (non-hydrogen) atoms. The Kier molecular flexibility index (Phi) is 6.02. The lowest BCUT2D eigenvalue weighted by atomic mass is 10.2. The molecule has 2 rings (SSSR count). The van der Waals surface area contributed by atoms with Crippen LogP contribution in [-0.2, 0) is 6.18 Å². The lowest BCUT2D eigenvalue weighted by molar-refractivity contribution is -0.137. The third-order valence-electron chi connectivity index (χ3n) is 3.11. The summed E-state index contributed by atoms with van der Waals surface area (Å²) in [5.41, 5.74) is -0.672. The molecule has 2 aromatic rings. The number of aliphatic hydroxyl groups is 1. The van der Waals surface area contributed by atoms with Crippen LogP contribution in [0.1, 0.15) is 23.0 Å². The van der Waals surface area contributed by atoms with Gasteiger partial charge in [0.15, 0.2) is 5.75 Å². The van der Waals surface area contributed by atoms with E-state index in [-0.39, 0.29) is 28.4 Å². The van der Waals surface area contributed by atoms with Crippen LogP contribution in [0, 0.1) is 0 Å². The van der Waals surface area contributed by atoms with E-state index in [9.17, 15) is 18.0 Å². The predicted octanol–water partition coefficient (Wildman–Crippen LogP) is 3.77. The highest BCUT2D eigenvalue weighted by molar-refractivity contribution is 9.10. The Bertz CT molecular complexity index is 751. The number of ether oxygens (including phenoxy) is 1. The Hall–Kier alpha value is -2.13. The number of pyridine rings is 1. The number of rotatable bonds is 5. The van der Waals surface area contributed by atoms with Gasteiger partial charge < -0.3 is 15.2 Å². The van der Waals surface area contributed by atoms with Crippen molar-refractivity contribution < 1.29 is 27.8 Å². The Morgan fingerprint density at radius 2 is 1.92 bits per heavy atom. The van der Waals surface area contributed by atoms with Gasteiger partial charge in [0.05, 0.1) is 12.2 Å². The van der Waals surface area contributed by atoms with Gasteiger partial charge in [0, 0.05) is 6.04 Å². The number of hydrogen-bond acceptors (Lipinski definition) is 4. The first-order chi connectivity index (χ1) is 11.7. The molecule has 1 aromatic heterocycles. The van der Waals surface area contributed by atoms with Gasteiger partial charge in [0.25, 0.3) is 5.91 Å². The second-order valence-electron chi connectivity index (χ2n) is 5.17. The van der Waals surface area contributed by atoms with E-state index in [2.05, 4.69) is 26.2 Å². The zero-order valence-electron chi connectivity index (χ0n) is 13.0. The number of nitrogens with zero attached hydrogens (tertiary/aromatic N) is 1. The average Bonchev–Trinajstić information content (AvgIpc) is 2.56. The number of amides is 1. The molecule has 0 aliphatic carbocycles. The minimum absolute atomic E-state index is 0.104. The third kappa shape index (κ3) is 5.17. The van der Waals surface area contributed by atoms with Gasteiger partial charge in [-0.2, -0.15) is 13.2 Å². The van der Waals surface area contributed by atoms with E-state index >= 15 is 0 Å². The maximum Gasteiger partial charge on any atom is 0.416 e. The fraction of sp³-hybridized carbons (Fsp3) is 0.250. The van der Waals surface area contributed by atoms with Crippen molar-refractivity contribution in [2.75, 3.05) is 6.61 Å². The minimum Gasteiger partial charge on any atom is -0.455 e. The molecule has 9 heteroatoms. The summed E-state index contributed by atoms with van der Waals surface area (Å²) < 4.78 is 43.3. The van der Waals surface area contributed by atoms with Crippen LogP contribution in [0.25, 0.3) is 0 Å². The highest BCUT2D eigenvalue weighted by atomic mass is 79.9. The van der Waals surface area contributed by atoms with Gasteiger partial charge in [-0.3, -0.25) is 4.79 Å². The van der Waals surface area contributed by atoms with E-state index in [1.165, 1.54) is 24.3 Å². The fourth-order valence-electron chi connectivity index (χ4n) is 1.81. The topological polar surface area (TPSA) is 71.5 Å². The highest BCUT2D eigenvalue weighted by Gasteiger charge is 2.30. The third-order valence-corrected chi connectivity index (χ3v) is 3.68. The first-order valence-electron chi connectivity index (χ1n) is 7.14. The Morgan fingerprint density at radius 3 is 2.44 bits per heavy atom. The van der Waals surface area contributed by atoms with Crippen molar-refractivity contribution >= 4 is 21.8 Å². The van der Waals surface area contributed by atoms with Gasteiger partial charge in [0.1, 0.15) is 16.0 Å². The van der Waals surface area contributed by atoms with Crippen molar-refractivity contribution in [3.63, 3.8) is 0 Å². The molecular weight excluding hydrogens is 405 g/mol. The Morgan fingerprint density at radius 1 is 1.28 bits per heavy atom. The van der Waals surface area contributed by atoms with E-state index in [1.807, 2.05) is 0 Å². The quantitative estimate of drug-likeness (QED) is 0.725. The number of alkyl halides is 3. The van der Waals surface area contributed by atoms with Crippen LogP contribution in [0.5, 0.6) is 11.5 Å². The SMILES string of the molecule is C[C@H](CO)NC(=O)c1ccc(Oc2ccc(C(F)(F)F)cc2)c(Br)n1. The molecule has 0 unspecified atom stereocenters. The summed E-state index contributed by atoms with van der Waals surface area (Å²) in [7, 11) is 0. The second-order valence-corrected chi connectivity index (χ2v) is 5.92. The number of nitrogens with one attached hydrogen (secondary N) is 1. The first-order valence-corrected chi connectivity index (χ1v) is 7.93. The van der Waals surface area contributed by atoms with Crippen molar-refractivity contribution in [1.29, 1.82) is 0 Å². The summed E-state index contributed by atoms with van der Waals surface area (Å²) in [5, 5.41) is 11.5. The molecule has 0 saturated heterocycles. The van der Waals surface area contributed by atoms with E-state index < -0.39 is 23.7 Å². The van der Waals surface area contributed by atoms with Crippen molar-refractivity contribution in [2.45, 2.75) is 19.1 Å². The lowest BCUT2D eigenvalue weighted by Gasteiger charge is -2.12. The van der Waals surface area contributed by atoms with E-state index in [4.69, 9.17) is 9.84 Å². The summed E-state index contributed by atoms with van der Waals surface area (Å²) >= 11 is 3.16. The second kappa shape index (κ2) is 7.83. The zero-order chi connectivity index (χ0) is 18.6. The summed E-state index contributed by atoms with van der Waals surface area (Å²) in [6, 6.07) is 6.66. The zero-order valence-corrected chi connectivity index (χ0v) is 14.6. The smallest absolute Gasteiger partial charge is 0.416 e. The van der Waals surface area contributed by atoms with E-state index in [0.717, 1.165) is 12.1 Å². The molecule has 1 heterocycles. The maximum absolute atomic E-state index is 12.5. The monoisotopic (exact) mass is 418 g/mol. The standard InChI is InChI=1S/C16H14BrF3N2O3/c1-9(8-23)21-15(24)12-6-7-13(14(17)22-12)25-11-4-2-10(3-5-11)16(18,19)20/h2-7,9,23H,8H2,1H3,(H,21,24)/t9-/m1/s1. The van der Waals surface area contributed by atoms with Crippen molar-refractivity contribution in [2.24, 2.45) is 0 Å². The lowest BCUT2D eigenvalue weighted by Crippen LogP contribution is -2.35. The van der Waals surface area contributed by atoms with Crippen LogP contribution in [0.4, 0.5) is 13.2 Å². The molecule has 5 nitrogen and oxygen atoms in total. The summed E-state index contributed by atoms with van der Waals surface area (Å²) in [5.74, 6) is -0.0311. The van der Waals surface area contributed by atoms with Gasteiger partial charge in [-0.25, -0.2) is 4.98 Å². The number of aromatic nitrogens is 1. The van der Waals surface area contributed by atoms with Gasteiger partial charge in [-0.1, -0.05) is 0 Å². The number of carbonyl (C=O) groups is 1. The van der Waals surface area contributed by atoms with Gasteiger partial charge in [-0.05, 0) is 59.3 Å². The number of carbonyl (C=O) groups excluding carboxylic acids is 1. The minimum atomic E-state index is -4.42. The maximum atomic E-state index is 12.5. The Balaban J connectivity index is 2.12. The molecule has 0 aliphatic rings. The average molecular weight is 419 g/mol. The van der Waals surface area contributed by atoms with Gasteiger partial charge >= 0.3 is 6.18 Å². The van der Waals surface area contributed by atoms with Crippen molar-refractivity contribution in [3.8, 4) is 11.5 Å². The molecule has 1 atom stereocenters. The molecule has 134 valence electrons. The van der Waals surface area contributed by atoms with Gasteiger partial charge in [0.2, 0.25) is 0 Å². The number of hydrogen-bond donors (Lipinski definition) is 2. The van der Waals surface area contributed by atoms with E-state index in [0.29, 0.717) is 0 Å². The largest absolute Gasteiger partial charge is 0.455 e. The molecule has 0 saturated carbocycles. The highest BCUT2D eigenvalue weighted by Crippen LogP contribution is 2.32. The van der Waals surface area contributed by atoms with Crippen molar-refractivity contribution in [1.82, 2.24) is 10.3 Å². The molecule has 0 fully saturated rings. The first kappa shape index (κ1) is 19.2. The van der Waals surface area contributed by atoms with E-state index in [1.54, 1.807) is 6.92 Å². The molecule has 2 N–H and O–H groups in total. The van der Waals surface area contributed by atoms with Crippen LogP contribution in [0.3, 0.4) is 0 Å². The number of benzene rings is 1. The van der Waals surface area contributed by atoms with Crippen LogP contribution < -0.4 is 10.1 Å². The van der Waals surface area contributed by atoms with Gasteiger partial charge in [-0.15, -0.1) is 0 Å². The summed E-state index contributed by atoms with van der Waals surface area (Å²) in [6.07, 6.45) is -4.42. The summed E-state index contributed by atoms with van der Waals surface area (Å²) in [6.45, 7) is 1.43. The normalized spacial score (nSPS) is 12.6. The number of halogens is 4. The number of aliphatic hydroxyl groups excluding tert-OH is 1. The molecular formula is C16H14BrF3N2O3. The molecule has 0 radical (unpaired) electrons. The van der Waals surface area contributed by atoms with Crippen molar-refractivity contribution in [3.05, 3.63) is 52.3 Å². The van der Waals surface area contributed by atoms with Crippen LogP contribution in [-0.4, -0.2) is 28.6 Å². The summed E-state index contributed by atoms with van der Waals surface area (Å²) in [4.78, 5) is 15.9. The predicted molar refractivity (Wildman–Crippen MR) is 87.5 cm³/mol. The van der Waals surface area contributed by atoms with Crippen LogP contribution in [0.2, 0.25) is 0 Å². The molecule has 1 aromatic carbocycles. The van der Waals surface area contributed by atoms with Crippen LogP contribution >= 0.6 is 15.9 Å². The molecule has 0 bridgehead atoms.